The molecule has 8 heteroatoms. The van der Waals surface area contributed by atoms with E-state index in [-0.39, 0.29) is 11.8 Å². The Bertz CT molecular complexity index is 263. The summed E-state index contributed by atoms with van der Waals surface area (Å²) < 4.78 is 14.5. The lowest BCUT2D eigenvalue weighted by Crippen LogP contribution is -2.28. The fraction of sp³-hybridized carbons (Fsp3) is 1.00. The lowest BCUT2D eigenvalue weighted by Gasteiger charge is -2.12. The topological polar surface area (TPSA) is 27.7 Å². The van der Waals surface area contributed by atoms with Crippen molar-refractivity contribution in [3.63, 3.8) is 0 Å². The van der Waals surface area contributed by atoms with Gasteiger partial charge < -0.3 is 14.0 Å². The lowest BCUT2D eigenvalue weighted by molar-refractivity contribution is 0.104. The van der Waals surface area contributed by atoms with E-state index in [1.165, 1.54) is 7.11 Å². The fourth-order valence-corrected chi connectivity index (χ4v) is 2.47. The van der Waals surface area contributed by atoms with Gasteiger partial charge in [-0.15, -0.1) is 46.4 Å². The monoisotopic (exact) mass is 320 g/mol. The largest absolute Gasteiger partial charge is 0.639 e. The molecule has 2 aliphatic carbocycles. The summed E-state index contributed by atoms with van der Waals surface area (Å²) in [7, 11) is 0.790. The molecule has 2 aliphatic rings. The molecule has 0 bridgehead atoms. The Kier molecular flexibility index (Phi) is 4.47. The maximum atomic E-state index is 5.88. The highest BCUT2D eigenvalue weighted by molar-refractivity contribution is 6.51. The number of hydrogen-bond acceptors (Lipinski definition) is 3. The van der Waals surface area contributed by atoms with Gasteiger partial charge in [-0.3, -0.25) is 0 Å². The van der Waals surface area contributed by atoms with Gasteiger partial charge in [0.2, 0.25) is 0 Å². The van der Waals surface area contributed by atoms with Crippen LogP contribution in [0.1, 0.15) is 12.8 Å². The van der Waals surface area contributed by atoms with E-state index in [0.717, 1.165) is 12.8 Å². The molecule has 0 aromatic rings. The first-order valence-electron chi connectivity index (χ1n) is 5.37. The quantitative estimate of drug-likeness (QED) is 0.533. The molecule has 2 unspecified atom stereocenters. The number of hydrogen-bond donors (Lipinski definition) is 0. The van der Waals surface area contributed by atoms with Crippen molar-refractivity contribution in [2.75, 3.05) is 20.3 Å². The Morgan fingerprint density at radius 2 is 1.35 bits per heavy atom. The van der Waals surface area contributed by atoms with Crippen molar-refractivity contribution in [1.82, 2.24) is 0 Å². The summed E-state index contributed by atoms with van der Waals surface area (Å²) in [6.07, 6.45) is 1.48. The molecule has 3 nitrogen and oxygen atoms in total. The first-order chi connectivity index (χ1) is 7.85. The first-order valence-corrected chi connectivity index (χ1v) is 6.88. The van der Waals surface area contributed by atoms with Gasteiger partial charge in [-0.2, -0.15) is 0 Å². The molecule has 2 fully saturated rings. The molecule has 0 aliphatic heterocycles. The standard InChI is InChI=1S/C9H13BCl4O3/c1-15-10(16-4-6-2-8(6,11)12)17-5-7-3-9(7,13)14/h6-7H,2-5H2,1H3. The minimum atomic E-state index is -0.718. The highest BCUT2D eigenvalue weighted by atomic mass is 35.5. The van der Waals surface area contributed by atoms with Crippen LogP contribution < -0.4 is 0 Å². The molecule has 0 radical (unpaired) electrons. The van der Waals surface area contributed by atoms with Gasteiger partial charge >= 0.3 is 7.32 Å². The maximum absolute atomic E-state index is 5.88. The predicted octanol–water partition coefficient (Wildman–Crippen LogP) is 3.04. The Hall–Kier alpha value is 1.10. The van der Waals surface area contributed by atoms with E-state index in [1.54, 1.807) is 0 Å². The molecule has 0 amide bonds. The molecule has 0 aromatic heterocycles. The highest BCUT2D eigenvalue weighted by Gasteiger charge is 2.53. The second-order valence-corrected chi connectivity index (χ2v) is 7.60. The predicted molar refractivity (Wildman–Crippen MR) is 69.8 cm³/mol. The third kappa shape index (κ3) is 4.03. The van der Waals surface area contributed by atoms with E-state index in [1.807, 2.05) is 0 Å². The van der Waals surface area contributed by atoms with Crippen LogP contribution in [0.3, 0.4) is 0 Å². The van der Waals surface area contributed by atoms with Gasteiger partial charge in [0, 0.05) is 32.2 Å². The summed E-state index contributed by atoms with van der Waals surface area (Å²) in [5.41, 5.74) is 0. The van der Waals surface area contributed by atoms with Gasteiger partial charge in [-0.05, 0) is 12.8 Å². The molecule has 0 spiro atoms. The third-order valence-electron chi connectivity index (χ3n) is 2.97. The molecule has 2 atom stereocenters. The van der Waals surface area contributed by atoms with Crippen LogP contribution in [0.4, 0.5) is 0 Å². The van der Waals surface area contributed by atoms with Crippen LogP contribution in [0.25, 0.3) is 0 Å². The second kappa shape index (κ2) is 5.24. The number of rotatable bonds is 7. The zero-order chi connectivity index (χ0) is 12.7. The van der Waals surface area contributed by atoms with Gasteiger partial charge in [0.1, 0.15) is 8.67 Å². The molecular formula is C9H13BCl4O3. The van der Waals surface area contributed by atoms with E-state index in [2.05, 4.69) is 0 Å². The lowest BCUT2D eigenvalue weighted by atomic mass is 10.2. The van der Waals surface area contributed by atoms with Crippen molar-refractivity contribution >= 4 is 53.7 Å². The van der Waals surface area contributed by atoms with Crippen LogP contribution in [0.15, 0.2) is 0 Å². The molecule has 0 saturated heterocycles. The highest BCUT2D eigenvalue weighted by Crippen LogP contribution is 2.54. The molecule has 17 heavy (non-hydrogen) atoms. The summed E-state index contributed by atoms with van der Waals surface area (Å²) in [6.45, 7) is 0.839. The first kappa shape index (κ1) is 14.5. The zero-order valence-electron chi connectivity index (χ0n) is 9.30. The van der Waals surface area contributed by atoms with Crippen molar-refractivity contribution in [3.05, 3.63) is 0 Å². The SMILES string of the molecule is COB(OCC1CC1(Cl)Cl)OCC1CC1(Cl)Cl. The number of halogens is 4. The Balaban J connectivity index is 1.60. The average Bonchev–Trinajstić information content (AvgIpc) is 3.04. The number of alkyl halides is 4. The molecule has 98 valence electrons. The van der Waals surface area contributed by atoms with Crippen LogP contribution in [-0.2, 0) is 14.0 Å². The molecular weight excluding hydrogens is 309 g/mol. The van der Waals surface area contributed by atoms with E-state index < -0.39 is 16.0 Å². The summed E-state index contributed by atoms with van der Waals surface area (Å²) in [5.74, 6) is 0.293. The Morgan fingerprint density at radius 1 is 1.00 bits per heavy atom. The van der Waals surface area contributed by atoms with Crippen molar-refractivity contribution in [2.45, 2.75) is 21.5 Å². The van der Waals surface area contributed by atoms with Crippen molar-refractivity contribution in [1.29, 1.82) is 0 Å². The second-order valence-electron chi connectivity index (χ2n) is 4.52. The van der Waals surface area contributed by atoms with Crippen LogP contribution >= 0.6 is 46.4 Å². The maximum Gasteiger partial charge on any atom is 0.639 e. The molecule has 0 aromatic carbocycles. The third-order valence-corrected chi connectivity index (χ3v) is 4.82. The molecule has 2 saturated carbocycles. The summed E-state index contributed by atoms with van der Waals surface area (Å²) in [5, 5.41) is 0. The Morgan fingerprint density at radius 3 is 1.59 bits per heavy atom. The Labute approximate surface area is 121 Å². The minimum Gasteiger partial charge on any atom is -0.389 e. The van der Waals surface area contributed by atoms with Crippen LogP contribution in [0, 0.1) is 11.8 Å². The summed E-state index contributed by atoms with van der Waals surface area (Å²) >= 11 is 23.5. The van der Waals surface area contributed by atoms with Crippen LogP contribution in [0.2, 0.25) is 0 Å². The van der Waals surface area contributed by atoms with Crippen LogP contribution in [-0.4, -0.2) is 36.3 Å². The molecule has 0 heterocycles. The summed E-state index contributed by atoms with van der Waals surface area (Å²) in [4.78, 5) is 0. The van der Waals surface area contributed by atoms with E-state index >= 15 is 0 Å². The van der Waals surface area contributed by atoms with E-state index in [0.29, 0.717) is 13.2 Å². The van der Waals surface area contributed by atoms with Crippen molar-refractivity contribution < 1.29 is 14.0 Å². The van der Waals surface area contributed by atoms with Crippen LogP contribution in [0.5, 0.6) is 0 Å². The van der Waals surface area contributed by atoms with Crippen molar-refractivity contribution in [2.24, 2.45) is 11.8 Å². The van der Waals surface area contributed by atoms with Crippen molar-refractivity contribution in [3.8, 4) is 0 Å². The van der Waals surface area contributed by atoms with E-state index in [4.69, 9.17) is 60.4 Å². The van der Waals surface area contributed by atoms with Gasteiger partial charge in [-0.25, -0.2) is 0 Å². The fourth-order valence-electron chi connectivity index (χ4n) is 1.47. The average molecular weight is 322 g/mol. The minimum absolute atomic E-state index is 0.146. The van der Waals surface area contributed by atoms with E-state index in [9.17, 15) is 0 Å². The molecule has 2 rings (SSSR count). The summed E-state index contributed by atoms with van der Waals surface area (Å²) in [6, 6.07) is 0. The van der Waals surface area contributed by atoms with Gasteiger partial charge in [0.15, 0.2) is 0 Å². The molecule has 0 N–H and O–H groups in total. The van der Waals surface area contributed by atoms with Gasteiger partial charge in [-0.1, -0.05) is 0 Å². The normalized spacial score (nSPS) is 32.3. The van der Waals surface area contributed by atoms with Gasteiger partial charge in [0.05, 0.1) is 0 Å². The smallest absolute Gasteiger partial charge is 0.389 e. The van der Waals surface area contributed by atoms with Gasteiger partial charge in [0.25, 0.3) is 0 Å². The zero-order valence-corrected chi connectivity index (χ0v) is 12.3.